The number of amides is 1. The Hall–Kier alpha value is -2.99. The number of hydrogen-bond acceptors (Lipinski definition) is 4. The molecular weight excluding hydrogens is 380 g/mol. The SMILES string of the molecule is Cc1ccn2ncc(C(=O)NC(c3ccc4c(c3)CCCC4)c3cccs3)c2n1. The maximum atomic E-state index is 13.2. The summed E-state index contributed by atoms with van der Waals surface area (Å²) in [7, 11) is 0. The van der Waals surface area contributed by atoms with E-state index in [1.165, 1.54) is 24.0 Å². The van der Waals surface area contributed by atoms with Crippen molar-refractivity contribution in [1.82, 2.24) is 19.9 Å². The van der Waals surface area contributed by atoms with Crippen molar-refractivity contribution in [3.63, 3.8) is 0 Å². The Morgan fingerprint density at radius 3 is 2.86 bits per heavy atom. The second-order valence-electron chi connectivity index (χ2n) is 7.55. The van der Waals surface area contributed by atoms with Crippen LogP contribution in [-0.4, -0.2) is 20.5 Å². The van der Waals surface area contributed by atoms with E-state index >= 15 is 0 Å². The van der Waals surface area contributed by atoms with Gasteiger partial charge in [0.1, 0.15) is 5.56 Å². The normalized spacial score (nSPS) is 14.5. The van der Waals surface area contributed by atoms with Crippen molar-refractivity contribution in [2.24, 2.45) is 0 Å². The molecule has 1 aliphatic carbocycles. The number of nitrogens with zero attached hydrogens (tertiary/aromatic N) is 3. The molecule has 0 saturated carbocycles. The summed E-state index contributed by atoms with van der Waals surface area (Å²) in [5.41, 5.74) is 5.92. The zero-order chi connectivity index (χ0) is 19.8. The van der Waals surface area contributed by atoms with Crippen molar-refractivity contribution in [3.8, 4) is 0 Å². The van der Waals surface area contributed by atoms with Gasteiger partial charge in [0, 0.05) is 16.8 Å². The van der Waals surface area contributed by atoms with Gasteiger partial charge in [0.05, 0.1) is 12.2 Å². The van der Waals surface area contributed by atoms with E-state index in [9.17, 15) is 4.79 Å². The third-order valence-electron chi connectivity index (χ3n) is 5.56. The van der Waals surface area contributed by atoms with E-state index < -0.39 is 0 Å². The lowest BCUT2D eigenvalue weighted by atomic mass is 9.89. The fraction of sp³-hybridized carbons (Fsp3) is 0.261. The second kappa shape index (κ2) is 7.44. The van der Waals surface area contributed by atoms with Crippen LogP contribution >= 0.6 is 11.3 Å². The summed E-state index contributed by atoms with van der Waals surface area (Å²) in [6.07, 6.45) is 8.19. The highest BCUT2D eigenvalue weighted by atomic mass is 32.1. The van der Waals surface area contributed by atoms with Crippen molar-refractivity contribution >= 4 is 22.9 Å². The van der Waals surface area contributed by atoms with E-state index in [0.717, 1.165) is 29.0 Å². The molecule has 1 atom stereocenters. The Morgan fingerprint density at radius 2 is 2.03 bits per heavy atom. The first-order chi connectivity index (χ1) is 14.2. The minimum atomic E-state index is -0.186. The Bertz CT molecular complexity index is 1180. The van der Waals surface area contributed by atoms with Crippen molar-refractivity contribution < 1.29 is 4.79 Å². The van der Waals surface area contributed by atoms with E-state index in [1.54, 1.807) is 22.0 Å². The summed E-state index contributed by atoms with van der Waals surface area (Å²) in [6.45, 7) is 1.91. The summed E-state index contributed by atoms with van der Waals surface area (Å²) >= 11 is 1.66. The number of thiophene rings is 1. The van der Waals surface area contributed by atoms with Crippen molar-refractivity contribution in [2.45, 2.75) is 38.6 Å². The highest BCUT2D eigenvalue weighted by Crippen LogP contribution is 2.30. The molecule has 0 radical (unpaired) electrons. The Labute approximate surface area is 173 Å². The third kappa shape index (κ3) is 3.44. The number of aromatic nitrogens is 3. The molecule has 29 heavy (non-hydrogen) atoms. The molecule has 4 aromatic rings. The van der Waals surface area contributed by atoms with Gasteiger partial charge in [-0.2, -0.15) is 5.10 Å². The largest absolute Gasteiger partial charge is 0.340 e. The van der Waals surface area contributed by atoms with Gasteiger partial charge in [-0.05, 0) is 66.8 Å². The lowest BCUT2D eigenvalue weighted by molar-refractivity contribution is 0.0945. The van der Waals surface area contributed by atoms with Gasteiger partial charge in [-0.25, -0.2) is 9.50 Å². The summed E-state index contributed by atoms with van der Waals surface area (Å²) in [6, 6.07) is 12.5. The lowest BCUT2D eigenvalue weighted by Crippen LogP contribution is -2.29. The zero-order valence-electron chi connectivity index (χ0n) is 16.3. The van der Waals surface area contributed by atoms with Crippen LogP contribution in [0.15, 0.2) is 54.2 Å². The molecule has 6 heteroatoms. The molecule has 0 saturated heterocycles. The van der Waals surface area contributed by atoms with Gasteiger partial charge >= 0.3 is 0 Å². The highest BCUT2D eigenvalue weighted by molar-refractivity contribution is 7.10. The van der Waals surface area contributed by atoms with Crippen LogP contribution < -0.4 is 5.32 Å². The van der Waals surface area contributed by atoms with Crippen LogP contribution in [0.5, 0.6) is 0 Å². The fourth-order valence-electron chi connectivity index (χ4n) is 4.04. The average Bonchev–Trinajstić information content (AvgIpc) is 3.41. The molecule has 0 aliphatic heterocycles. The number of fused-ring (bicyclic) bond motifs is 2. The van der Waals surface area contributed by atoms with Crippen LogP contribution in [0.2, 0.25) is 0 Å². The topological polar surface area (TPSA) is 59.3 Å². The van der Waals surface area contributed by atoms with E-state index in [-0.39, 0.29) is 11.9 Å². The highest BCUT2D eigenvalue weighted by Gasteiger charge is 2.23. The van der Waals surface area contributed by atoms with Gasteiger partial charge in [-0.15, -0.1) is 11.3 Å². The van der Waals surface area contributed by atoms with E-state index in [2.05, 4.69) is 39.7 Å². The lowest BCUT2D eigenvalue weighted by Gasteiger charge is -2.22. The monoisotopic (exact) mass is 402 g/mol. The van der Waals surface area contributed by atoms with Gasteiger partial charge in [0.2, 0.25) is 0 Å². The van der Waals surface area contributed by atoms with Gasteiger partial charge in [0.25, 0.3) is 5.91 Å². The summed E-state index contributed by atoms with van der Waals surface area (Å²) in [4.78, 5) is 18.8. The molecule has 146 valence electrons. The van der Waals surface area contributed by atoms with Crippen LogP contribution in [0.4, 0.5) is 0 Å². The molecular formula is C23H22N4OS. The smallest absolute Gasteiger partial charge is 0.257 e. The number of nitrogens with one attached hydrogen (secondary N) is 1. The second-order valence-corrected chi connectivity index (χ2v) is 8.53. The van der Waals surface area contributed by atoms with E-state index in [4.69, 9.17) is 0 Å². The molecule has 1 aromatic carbocycles. The third-order valence-corrected chi connectivity index (χ3v) is 6.50. The molecule has 0 bridgehead atoms. The van der Waals surface area contributed by atoms with Crippen LogP contribution in [0.1, 0.15) is 56.5 Å². The number of carbonyl (C=O) groups is 1. The van der Waals surface area contributed by atoms with E-state index in [0.29, 0.717) is 11.2 Å². The van der Waals surface area contributed by atoms with Crippen LogP contribution in [-0.2, 0) is 12.8 Å². The quantitative estimate of drug-likeness (QED) is 0.547. The number of hydrogen-bond donors (Lipinski definition) is 1. The maximum Gasteiger partial charge on any atom is 0.257 e. The average molecular weight is 403 g/mol. The molecule has 3 aromatic heterocycles. The Balaban J connectivity index is 1.51. The molecule has 0 fully saturated rings. The predicted molar refractivity (Wildman–Crippen MR) is 114 cm³/mol. The molecule has 0 spiro atoms. The molecule has 3 heterocycles. The minimum Gasteiger partial charge on any atom is -0.340 e. The number of benzene rings is 1. The van der Waals surface area contributed by atoms with Crippen LogP contribution in [0.25, 0.3) is 5.65 Å². The number of rotatable bonds is 4. The van der Waals surface area contributed by atoms with Gasteiger partial charge < -0.3 is 5.32 Å². The standard InChI is InChI=1S/C23H22N4OS/c1-15-10-11-27-22(25-15)19(14-24-27)23(28)26-21(20-7-4-12-29-20)18-9-8-16-5-2-3-6-17(16)13-18/h4,7-14,21H,2-3,5-6H2,1H3,(H,26,28). The predicted octanol–water partition coefficient (Wildman–Crippen LogP) is 4.50. The molecule has 5 rings (SSSR count). The first-order valence-electron chi connectivity index (χ1n) is 9.96. The number of carbonyl (C=O) groups excluding carboxylic acids is 1. The number of aryl methyl sites for hydroxylation is 3. The molecule has 5 nitrogen and oxygen atoms in total. The Kier molecular flexibility index (Phi) is 4.64. The van der Waals surface area contributed by atoms with Gasteiger partial charge in [0.15, 0.2) is 5.65 Å². The maximum absolute atomic E-state index is 13.2. The minimum absolute atomic E-state index is 0.158. The first-order valence-corrected chi connectivity index (χ1v) is 10.8. The first kappa shape index (κ1) is 18.1. The zero-order valence-corrected chi connectivity index (χ0v) is 17.1. The summed E-state index contributed by atoms with van der Waals surface area (Å²) < 4.78 is 1.64. The molecule has 1 unspecified atom stereocenters. The molecule has 1 amide bonds. The summed E-state index contributed by atoms with van der Waals surface area (Å²) in [5, 5.41) is 9.56. The molecule has 1 N–H and O–H groups in total. The summed E-state index contributed by atoms with van der Waals surface area (Å²) in [5.74, 6) is -0.158. The van der Waals surface area contributed by atoms with Crippen LogP contribution in [0, 0.1) is 6.92 Å². The van der Waals surface area contributed by atoms with Crippen LogP contribution in [0.3, 0.4) is 0 Å². The van der Waals surface area contributed by atoms with Crippen molar-refractivity contribution in [1.29, 1.82) is 0 Å². The van der Waals surface area contributed by atoms with Gasteiger partial charge in [-0.1, -0.05) is 24.3 Å². The van der Waals surface area contributed by atoms with Crippen molar-refractivity contribution in [2.75, 3.05) is 0 Å². The Morgan fingerprint density at radius 1 is 1.17 bits per heavy atom. The van der Waals surface area contributed by atoms with Crippen molar-refractivity contribution in [3.05, 3.63) is 87.0 Å². The molecule has 1 aliphatic rings. The van der Waals surface area contributed by atoms with E-state index in [1.807, 2.05) is 30.6 Å². The van der Waals surface area contributed by atoms with Gasteiger partial charge in [-0.3, -0.25) is 4.79 Å². The fourth-order valence-corrected chi connectivity index (χ4v) is 4.84.